The molecular weight excluding hydrogens is 290 g/mol. The summed E-state index contributed by atoms with van der Waals surface area (Å²) >= 11 is 0. The first kappa shape index (κ1) is 14.3. The van der Waals surface area contributed by atoms with Crippen LogP contribution in [0.25, 0.3) is 0 Å². The molecule has 0 spiro atoms. The number of nitrogens with two attached hydrogens (primary N) is 2. The van der Waals surface area contributed by atoms with Crippen molar-refractivity contribution in [2.45, 2.75) is 37.0 Å². The highest BCUT2D eigenvalue weighted by Crippen LogP contribution is 2.31. The van der Waals surface area contributed by atoms with Crippen LogP contribution in [0.1, 0.15) is 36.8 Å². The minimum atomic E-state index is -3.52. The molecular formula is C14H19N3O3S. The van der Waals surface area contributed by atoms with Crippen LogP contribution in [0.2, 0.25) is 0 Å². The Labute approximate surface area is 124 Å². The van der Waals surface area contributed by atoms with Gasteiger partial charge in [0.1, 0.15) is 18.2 Å². The number of hydrogen-bond donors (Lipinski definition) is 2. The molecule has 1 fully saturated rings. The molecule has 0 bridgehead atoms. The molecule has 0 saturated heterocycles. The van der Waals surface area contributed by atoms with E-state index in [-0.39, 0.29) is 17.1 Å². The van der Waals surface area contributed by atoms with E-state index >= 15 is 0 Å². The number of ether oxygens (including phenoxy) is 1. The van der Waals surface area contributed by atoms with E-state index in [1.807, 2.05) is 0 Å². The number of fused-ring (bicyclic) bond motifs is 1. The van der Waals surface area contributed by atoms with Gasteiger partial charge >= 0.3 is 0 Å². The van der Waals surface area contributed by atoms with Gasteiger partial charge < -0.3 is 16.2 Å². The molecule has 0 radical (unpaired) electrons. The van der Waals surface area contributed by atoms with E-state index in [4.69, 9.17) is 16.2 Å². The van der Waals surface area contributed by atoms with Gasteiger partial charge in [0.05, 0.1) is 16.9 Å². The fourth-order valence-electron chi connectivity index (χ4n) is 2.98. The number of benzene rings is 1. The van der Waals surface area contributed by atoms with Gasteiger partial charge in [0.2, 0.25) is 0 Å². The van der Waals surface area contributed by atoms with Gasteiger partial charge in [0.15, 0.2) is 0 Å². The van der Waals surface area contributed by atoms with Crippen molar-refractivity contribution in [1.29, 1.82) is 0 Å². The normalized spacial score (nSPS) is 22.4. The molecule has 1 saturated carbocycles. The first-order valence-corrected chi connectivity index (χ1v) is 8.62. The van der Waals surface area contributed by atoms with E-state index in [1.54, 1.807) is 18.2 Å². The molecule has 6 nitrogen and oxygen atoms in total. The fourth-order valence-corrected chi connectivity index (χ4v) is 4.07. The second-order valence-corrected chi connectivity index (χ2v) is 7.49. The van der Waals surface area contributed by atoms with Crippen LogP contribution >= 0.6 is 0 Å². The van der Waals surface area contributed by atoms with Gasteiger partial charge in [0.25, 0.3) is 10.0 Å². The Morgan fingerprint density at radius 3 is 2.71 bits per heavy atom. The molecule has 0 atom stereocenters. The lowest BCUT2D eigenvalue weighted by atomic mass is 10.0. The first-order chi connectivity index (χ1) is 9.89. The summed E-state index contributed by atoms with van der Waals surface area (Å²) in [6.45, 7) is 0.406. The Hall–Kier alpha value is -1.60. The predicted molar refractivity (Wildman–Crippen MR) is 80.7 cm³/mol. The molecule has 1 aliphatic heterocycles. The lowest BCUT2D eigenvalue weighted by Crippen LogP contribution is -2.42. The van der Waals surface area contributed by atoms with Crippen LogP contribution in [-0.2, 0) is 15.8 Å². The summed E-state index contributed by atoms with van der Waals surface area (Å²) < 4.78 is 32.7. The summed E-state index contributed by atoms with van der Waals surface area (Å²) in [6, 6.07) is 5.27. The van der Waals surface area contributed by atoms with Gasteiger partial charge in [0, 0.05) is 0 Å². The largest absolute Gasteiger partial charge is 0.491 e. The van der Waals surface area contributed by atoms with Gasteiger partial charge in [-0.05, 0) is 24.5 Å². The Kier molecular flexibility index (Phi) is 3.41. The van der Waals surface area contributed by atoms with Crippen molar-refractivity contribution in [2.24, 2.45) is 15.9 Å². The van der Waals surface area contributed by atoms with Crippen LogP contribution in [0.3, 0.4) is 0 Å². The molecule has 0 unspecified atom stereocenters. The number of sulfonamides is 1. The topological polar surface area (TPSA) is 108 Å². The van der Waals surface area contributed by atoms with Crippen LogP contribution in [0.4, 0.5) is 0 Å². The maximum absolute atomic E-state index is 11.6. The SMILES string of the molecule is NC1=NS(=O)(=O)Cc2cccc(OCC3(N)CCCC3)c21. The number of rotatable bonds is 3. The Morgan fingerprint density at radius 1 is 1.29 bits per heavy atom. The molecule has 1 aromatic rings. The van der Waals surface area contributed by atoms with Crippen LogP contribution < -0.4 is 16.2 Å². The fraction of sp³-hybridized carbons (Fsp3) is 0.500. The summed E-state index contributed by atoms with van der Waals surface area (Å²) in [5.74, 6) is 0.401. The van der Waals surface area contributed by atoms with E-state index in [0.29, 0.717) is 23.5 Å². The minimum Gasteiger partial charge on any atom is -0.491 e. The highest BCUT2D eigenvalue weighted by Gasteiger charge is 2.31. The molecule has 2 aliphatic rings. The van der Waals surface area contributed by atoms with Crippen molar-refractivity contribution >= 4 is 15.9 Å². The second kappa shape index (κ2) is 4.99. The molecule has 4 N–H and O–H groups in total. The highest BCUT2D eigenvalue weighted by atomic mass is 32.2. The Bertz CT molecular complexity index is 691. The minimum absolute atomic E-state index is 0.00987. The van der Waals surface area contributed by atoms with E-state index in [1.165, 1.54) is 0 Å². The third kappa shape index (κ3) is 2.89. The summed E-state index contributed by atoms with van der Waals surface area (Å²) in [7, 11) is -3.52. The summed E-state index contributed by atoms with van der Waals surface area (Å²) in [4.78, 5) is 0. The van der Waals surface area contributed by atoms with Gasteiger partial charge in [-0.25, -0.2) is 8.42 Å². The zero-order chi connectivity index (χ0) is 15.1. The van der Waals surface area contributed by atoms with Crippen molar-refractivity contribution in [3.63, 3.8) is 0 Å². The zero-order valence-corrected chi connectivity index (χ0v) is 12.5. The molecule has 21 heavy (non-hydrogen) atoms. The Morgan fingerprint density at radius 2 is 2.00 bits per heavy atom. The lowest BCUT2D eigenvalue weighted by molar-refractivity contribution is 0.220. The van der Waals surface area contributed by atoms with E-state index in [9.17, 15) is 8.42 Å². The van der Waals surface area contributed by atoms with Crippen molar-refractivity contribution in [1.82, 2.24) is 0 Å². The summed E-state index contributed by atoms with van der Waals surface area (Å²) in [5, 5.41) is 0. The van der Waals surface area contributed by atoms with Gasteiger partial charge in [-0.15, -0.1) is 4.40 Å². The maximum atomic E-state index is 11.6. The molecule has 1 aliphatic carbocycles. The van der Waals surface area contributed by atoms with E-state index in [2.05, 4.69) is 4.40 Å². The average molecular weight is 309 g/mol. The molecule has 1 heterocycles. The van der Waals surface area contributed by atoms with Crippen molar-refractivity contribution < 1.29 is 13.2 Å². The molecule has 114 valence electrons. The zero-order valence-electron chi connectivity index (χ0n) is 11.7. The third-order valence-electron chi connectivity index (χ3n) is 4.06. The molecule has 1 aromatic carbocycles. The second-order valence-electron chi connectivity index (χ2n) is 5.85. The molecule has 3 rings (SSSR count). The lowest BCUT2D eigenvalue weighted by Gasteiger charge is -2.25. The Balaban J connectivity index is 1.88. The van der Waals surface area contributed by atoms with E-state index < -0.39 is 10.0 Å². The van der Waals surface area contributed by atoms with Gasteiger partial charge in [-0.2, -0.15) is 0 Å². The molecule has 0 aromatic heterocycles. The van der Waals surface area contributed by atoms with Crippen molar-refractivity contribution in [3.8, 4) is 5.75 Å². The smallest absolute Gasteiger partial charge is 0.259 e. The first-order valence-electron chi connectivity index (χ1n) is 7.01. The quantitative estimate of drug-likeness (QED) is 0.862. The monoisotopic (exact) mass is 309 g/mol. The van der Waals surface area contributed by atoms with Crippen LogP contribution in [0.15, 0.2) is 22.6 Å². The molecule has 7 heteroatoms. The predicted octanol–water partition coefficient (Wildman–Crippen LogP) is 0.886. The third-order valence-corrected chi connectivity index (χ3v) is 5.21. The van der Waals surface area contributed by atoms with Crippen LogP contribution in [0.5, 0.6) is 5.75 Å². The number of amidine groups is 1. The highest BCUT2D eigenvalue weighted by molar-refractivity contribution is 7.89. The number of hydrogen-bond acceptors (Lipinski definition) is 5. The number of nitrogens with zero attached hydrogens (tertiary/aromatic N) is 1. The summed E-state index contributed by atoms with van der Waals surface area (Å²) in [5.41, 5.74) is 13.0. The van der Waals surface area contributed by atoms with Crippen molar-refractivity contribution in [2.75, 3.05) is 6.61 Å². The van der Waals surface area contributed by atoms with Crippen LogP contribution in [-0.4, -0.2) is 26.4 Å². The van der Waals surface area contributed by atoms with Gasteiger partial charge in [-0.1, -0.05) is 25.0 Å². The van der Waals surface area contributed by atoms with Crippen LogP contribution in [0, 0.1) is 0 Å². The van der Waals surface area contributed by atoms with E-state index in [0.717, 1.165) is 25.7 Å². The summed E-state index contributed by atoms with van der Waals surface area (Å²) in [6.07, 6.45) is 4.13. The average Bonchev–Trinajstić information content (AvgIpc) is 2.82. The maximum Gasteiger partial charge on any atom is 0.259 e. The molecule has 0 amide bonds. The standard InChI is InChI=1S/C14H19N3O3S/c15-13-12-10(8-21(18,19)17-13)4-3-5-11(12)20-9-14(16)6-1-2-7-14/h3-5H,1-2,6-9,16H2,(H2,15,17). The van der Waals surface area contributed by atoms with Gasteiger partial charge in [-0.3, -0.25) is 0 Å². The van der Waals surface area contributed by atoms with Crippen molar-refractivity contribution in [3.05, 3.63) is 29.3 Å².